The second-order valence-electron chi connectivity index (χ2n) is 4.77. The summed E-state index contributed by atoms with van der Waals surface area (Å²) in [5, 5.41) is 2.97. The fourth-order valence-corrected chi connectivity index (χ4v) is 2.14. The Bertz CT molecular complexity index is 436. The van der Waals surface area contributed by atoms with Gasteiger partial charge >= 0.3 is 0 Å². The maximum absolute atomic E-state index is 11.6. The van der Waals surface area contributed by atoms with Crippen LogP contribution >= 0.6 is 0 Å². The number of benzene rings is 1. The predicted molar refractivity (Wildman–Crippen MR) is 67.0 cm³/mol. The van der Waals surface area contributed by atoms with Crippen LogP contribution in [0.2, 0.25) is 0 Å². The lowest BCUT2D eigenvalue weighted by Gasteiger charge is -2.13. The van der Waals surface area contributed by atoms with E-state index in [1.54, 1.807) is 7.11 Å². The van der Waals surface area contributed by atoms with Crippen molar-refractivity contribution < 1.29 is 9.53 Å². The normalized spacial score (nSPS) is 14.5. The monoisotopic (exact) mass is 233 g/mol. The molecule has 1 aromatic carbocycles. The van der Waals surface area contributed by atoms with Gasteiger partial charge in [0.2, 0.25) is 5.91 Å². The average Bonchev–Trinajstić information content (AvgIpc) is 3.08. The molecule has 1 saturated carbocycles. The number of ether oxygens (including phenoxy) is 1. The first-order chi connectivity index (χ1) is 8.11. The third-order valence-electron chi connectivity index (χ3n) is 3.10. The van der Waals surface area contributed by atoms with E-state index in [9.17, 15) is 4.79 Å². The summed E-state index contributed by atoms with van der Waals surface area (Å²) in [4.78, 5) is 11.6. The Morgan fingerprint density at radius 3 is 2.71 bits per heavy atom. The molecule has 1 aliphatic carbocycles. The van der Waals surface area contributed by atoms with E-state index in [1.165, 1.54) is 5.56 Å². The number of hydrogen-bond acceptors (Lipinski definition) is 2. The number of carbonyl (C=O) groups is 1. The molecule has 1 aromatic rings. The summed E-state index contributed by atoms with van der Waals surface area (Å²) in [5.41, 5.74) is 3.36. The van der Waals surface area contributed by atoms with E-state index >= 15 is 0 Å². The molecular formula is C14H19NO2. The summed E-state index contributed by atoms with van der Waals surface area (Å²) >= 11 is 0. The molecular weight excluding hydrogens is 214 g/mol. The second kappa shape index (κ2) is 4.78. The van der Waals surface area contributed by atoms with Crippen LogP contribution < -0.4 is 10.1 Å². The molecule has 2 rings (SSSR count). The minimum Gasteiger partial charge on any atom is -0.496 e. The van der Waals surface area contributed by atoms with Gasteiger partial charge in [0.05, 0.1) is 7.11 Å². The largest absolute Gasteiger partial charge is 0.496 e. The molecule has 0 aromatic heterocycles. The molecule has 0 aliphatic heterocycles. The molecule has 3 heteroatoms. The van der Waals surface area contributed by atoms with Gasteiger partial charge in [0.1, 0.15) is 5.75 Å². The molecule has 1 fully saturated rings. The van der Waals surface area contributed by atoms with Crippen LogP contribution in [0.4, 0.5) is 0 Å². The Kier molecular flexibility index (Phi) is 3.36. The summed E-state index contributed by atoms with van der Waals surface area (Å²) < 4.78 is 5.39. The topological polar surface area (TPSA) is 38.3 Å². The van der Waals surface area contributed by atoms with E-state index < -0.39 is 0 Å². The average molecular weight is 233 g/mol. The SMILES string of the molecule is COc1c(C)cc(C)cc1CNC(=O)C1CC1. The minimum atomic E-state index is 0.172. The first kappa shape index (κ1) is 12.0. The number of amides is 1. The van der Waals surface area contributed by atoms with Crippen LogP contribution in [0.1, 0.15) is 29.5 Å². The molecule has 0 atom stereocenters. The maximum Gasteiger partial charge on any atom is 0.223 e. The molecule has 0 spiro atoms. The van der Waals surface area contributed by atoms with Gasteiger partial charge in [0, 0.05) is 18.0 Å². The lowest BCUT2D eigenvalue weighted by Crippen LogP contribution is -2.24. The van der Waals surface area contributed by atoms with Crippen molar-refractivity contribution in [3.63, 3.8) is 0 Å². The van der Waals surface area contributed by atoms with E-state index in [2.05, 4.69) is 24.4 Å². The maximum atomic E-state index is 11.6. The van der Waals surface area contributed by atoms with Gasteiger partial charge in [0.15, 0.2) is 0 Å². The quantitative estimate of drug-likeness (QED) is 0.866. The van der Waals surface area contributed by atoms with Gasteiger partial charge in [-0.25, -0.2) is 0 Å². The lowest BCUT2D eigenvalue weighted by atomic mass is 10.1. The van der Waals surface area contributed by atoms with Gasteiger partial charge < -0.3 is 10.1 Å². The molecule has 92 valence electrons. The molecule has 3 nitrogen and oxygen atoms in total. The summed E-state index contributed by atoms with van der Waals surface area (Å²) in [7, 11) is 1.67. The fraction of sp³-hybridized carbons (Fsp3) is 0.500. The minimum absolute atomic E-state index is 0.172. The first-order valence-electron chi connectivity index (χ1n) is 6.03. The van der Waals surface area contributed by atoms with Crippen LogP contribution in [0.15, 0.2) is 12.1 Å². The fourth-order valence-electron chi connectivity index (χ4n) is 2.14. The Morgan fingerprint density at radius 1 is 1.41 bits per heavy atom. The van der Waals surface area contributed by atoms with Gasteiger partial charge in [-0.2, -0.15) is 0 Å². The van der Waals surface area contributed by atoms with Crippen molar-refractivity contribution in [2.45, 2.75) is 33.2 Å². The third-order valence-corrected chi connectivity index (χ3v) is 3.10. The van der Waals surface area contributed by atoms with Crippen molar-refractivity contribution in [2.75, 3.05) is 7.11 Å². The van der Waals surface area contributed by atoms with Gasteiger partial charge in [-0.05, 0) is 32.3 Å². The zero-order chi connectivity index (χ0) is 12.4. The van der Waals surface area contributed by atoms with Gasteiger partial charge in [-0.1, -0.05) is 17.7 Å². The third kappa shape index (κ3) is 2.78. The number of aryl methyl sites for hydroxylation is 2. The zero-order valence-electron chi connectivity index (χ0n) is 10.7. The van der Waals surface area contributed by atoms with E-state index in [4.69, 9.17) is 4.74 Å². The van der Waals surface area contributed by atoms with Crippen molar-refractivity contribution in [3.05, 3.63) is 28.8 Å². The smallest absolute Gasteiger partial charge is 0.223 e. The van der Waals surface area contributed by atoms with Crippen molar-refractivity contribution in [1.82, 2.24) is 5.32 Å². The van der Waals surface area contributed by atoms with Crippen LogP contribution in [-0.4, -0.2) is 13.0 Å². The molecule has 1 aliphatic rings. The van der Waals surface area contributed by atoms with Crippen LogP contribution in [0.5, 0.6) is 5.75 Å². The first-order valence-corrected chi connectivity index (χ1v) is 6.03. The highest BCUT2D eigenvalue weighted by molar-refractivity contribution is 5.80. The molecule has 1 amide bonds. The highest BCUT2D eigenvalue weighted by atomic mass is 16.5. The Labute approximate surface area is 102 Å². The molecule has 0 heterocycles. The Balaban J connectivity index is 2.10. The standard InChI is InChI=1S/C14H19NO2/c1-9-6-10(2)13(17-3)12(7-9)8-15-14(16)11-4-5-11/h6-7,11H,4-5,8H2,1-3H3,(H,15,16). The second-order valence-corrected chi connectivity index (χ2v) is 4.77. The number of methoxy groups -OCH3 is 1. The van der Waals surface area contributed by atoms with E-state index in [0.29, 0.717) is 6.54 Å². The van der Waals surface area contributed by atoms with Crippen LogP contribution in [0.25, 0.3) is 0 Å². The highest BCUT2D eigenvalue weighted by Gasteiger charge is 2.29. The van der Waals surface area contributed by atoms with E-state index in [-0.39, 0.29) is 11.8 Å². The number of carbonyl (C=O) groups excluding carboxylic acids is 1. The molecule has 0 saturated heterocycles. The predicted octanol–water partition coefficient (Wildman–Crippen LogP) is 2.34. The molecule has 0 radical (unpaired) electrons. The van der Waals surface area contributed by atoms with E-state index in [0.717, 1.165) is 29.7 Å². The summed E-state index contributed by atoms with van der Waals surface area (Å²) in [6.07, 6.45) is 2.08. The number of hydrogen-bond donors (Lipinski definition) is 1. The van der Waals surface area contributed by atoms with Gasteiger partial charge in [-0.15, -0.1) is 0 Å². The van der Waals surface area contributed by atoms with Crippen molar-refractivity contribution >= 4 is 5.91 Å². The van der Waals surface area contributed by atoms with Crippen molar-refractivity contribution in [3.8, 4) is 5.75 Å². The summed E-state index contributed by atoms with van der Waals surface area (Å²) in [6.45, 7) is 4.64. The molecule has 17 heavy (non-hydrogen) atoms. The summed E-state index contributed by atoms with van der Waals surface area (Å²) in [5.74, 6) is 1.31. The molecule has 0 bridgehead atoms. The van der Waals surface area contributed by atoms with Crippen molar-refractivity contribution in [1.29, 1.82) is 0 Å². The molecule has 0 unspecified atom stereocenters. The zero-order valence-corrected chi connectivity index (χ0v) is 10.7. The van der Waals surface area contributed by atoms with Gasteiger partial charge in [-0.3, -0.25) is 4.79 Å². The van der Waals surface area contributed by atoms with E-state index in [1.807, 2.05) is 6.92 Å². The van der Waals surface area contributed by atoms with Crippen molar-refractivity contribution in [2.24, 2.45) is 5.92 Å². The number of rotatable bonds is 4. The lowest BCUT2D eigenvalue weighted by molar-refractivity contribution is -0.122. The van der Waals surface area contributed by atoms with Crippen LogP contribution in [-0.2, 0) is 11.3 Å². The number of nitrogens with one attached hydrogen (secondary N) is 1. The highest BCUT2D eigenvalue weighted by Crippen LogP contribution is 2.29. The Morgan fingerprint density at radius 2 is 2.12 bits per heavy atom. The molecule has 1 N–H and O–H groups in total. The van der Waals surface area contributed by atoms with Crippen LogP contribution in [0.3, 0.4) is 0 Å². The Hall–Kier alpha value is -1.51. The van der Waals surface area contributed by atoms with Crippen LogP contribution in [0, 0.1) is 19.8 Å². The van der Waals surface area contributed by atoms with Gasteiger partial charge in [0.25, 0.3) is 0 Å². The summed E-state index contributed by atoms with van der Waals surface area (Å²) in [6, 6.07) is 4.16.